The predicted molar refractivity (Wildman–Crippen MR) is 99.5 cm³/mol. The van der Waals surface area contributed by atoms with Crippen LogP contribution in [0, 0.1) is 0 Å². The number of carbonyl (C=O) groups excluding carboxylic acids is 2. The molecule has 8 heteroatoms. The monoisotopic (exact) mass is 418 g/mol. The first-order chi connectivity index (χ1) is 12.0. The Bertz CT molecular complexity index is 980. The predicted octanol–water partition coefficient (Wildman–Crippen LogP) is 2.92. The minimum absolute atomic E-state index is 0.132. The van der Waals surface area contributed by atoms with Gasteiger partial charge in [-0.25, -0.2) is 4.98 Å². The van der Waals surface area contributed by atoms with Crippen molar-refractivity contribution in [3.8, 4) is 10.6 Å². The normalized spacial score (nSPS) is 17.3. The van der Waals surface area contributed by atoms with Crippen LogP contribution in [0.2, 0.25) is 0 Å². The van der Waals surface area contributed by atoms with Gasteiger partial charge in [0.05, 0.1) is 21.6 Å². The zero-order valence-corrected chi connectivity index (χ0v) is 15.6. The molecule has 2 amide bonds. The number of amides is 2. The molecule has 1 aliphatic rings. The first-order valence-corrected chi connectivity index (χ1v) is 9.48. The fourth-order valence-electron chi connectivity index (χ4n) is 3.17. The van der Waals surface area contributed by atoms with Crippen LogP contribution in [0.5, 0.6) is 0 Å². The fourth-order valence-corrected chi connectivity index (χ4v) is 4.48. The Morgan fingerprint density at radius 3 is 2.92 bits per heavy atom. The Morgan fingerprint density at radius 2 is 2.12 bits per heavy atom. The lowest BCUT2D eigenvalue weighted by atomic mass is 10.2. The van der Waals surface area contributed by atoms with Crippen molar-refractivity contribution in [2.45, 2.75) is 18.9 Å². The molecule has 0 saturated carbocycles. The molecule has 4 heterocycles. The van der Waals surface area contributed by atoms with Crippen LogP contribution in [0.4, 0.5) is 0 Å². The number of primary amides is 1. The Balaban J connectivity index is 1.67. The lowest BCUT2D eigenvalue weighted by molar-refractivity contribution is -0.121. The quantitative estimate of drug-likeness (QED) is 0.709. The molecule has 0 aromatic carbocycles. The van der Waals surface area contributed by atoms with E-state index in [4.69, 9.17) is 5.73 Å². The van der Waals surface area contributed by atoms with Gasteiger partial charge >= 0.3 is 0 Å². The zero-order chi connectivity index (χ0) is 17.6. The molecule has 0 spiro atoms. The third-order valence-electron chi connectivity index (χ3n) is 4.38. The summed E-state index contributed by atoms with van der Waals surface area (Å²) in [6.07, 6.45) is 5.19. The second kappa shape index (κ2) is 6.27. The average molecular weight is 419 g/mol. The summed E-state index contributed by atoms with van der Waals surface area (Å²) in [5.41, 5.74) is 7.18. The van der Waals surface area contributed by atoms with Crippen molar-refractivity contribution in [3.05, 3.63) is 46.0 Å². The van der Waals surface area contributed by atoms with E-state index >= 15 is 0 Å². The molecule has 128 valence electrons. The number of rotatable bonds is 3. The standard InChI is InChI=1S/C17H15BrN4O2S/c18-10-3-6-15-20-8-12(22(15)9-10)13-4-5-14(25-13)17(24)21-7-1-2-11(21)16(19)23/h3-6,8-9,11H,1-2,7H2,(H2,19,23)/t11-/m0/s1. The fraction of sp³-hybridized carbons (Fsp3) is 0.235. The number of aromatic nitrogens is 2. The number of hydrogen-bond acceptors (Lipinski definition) is 4. The molecule has 4 rings (SSSR count). The summed E-state index contributed by atoms with van der Waals surface area (Å²) < 4.78 is 2.93. The highest BCUT2D eigenvalue weighted by atomic mass is 79.9. The van der Waals surface area contributed by atoms with Crippen molar-refractivity contribution in [2.24, 2.45) is 5.73 Å². The van der Waals surface area contributed by atoms with Gasteiger partial charge in [0.2, 0.25) is 5.91 Å². The molecular weight excluding hydrogens is 404 g/mol. The zero-order valence-electron chi connectivity index (χ0n) is 13.2. The van der Waals surface area contributed by atoms with Gasteiger partial charge in [-0.2, -0.15) is 0 Å². The van der Waals surface area contributed by atoms with Gasteiger partial charge in [0.1, 0.15) is 11.7 Å². The number of nitrogens with zero attached hydrogens (tertiary/aromatic N) is 3. The summed E-state index contributed by atoms with van der Waals surface area (Å²) in [6.45, 7) is 0.572. The number of nitrogens with two attached hydrogens (primary N) is 1. The molecule has 0 bridgehead atoms. The van der Waals surface area contributed by atoms with E-state index in [9.17, 15) is 9.59 Å². The number of likely N-dealkylation sites (tertiary alicyclic amines) is 1. The molecule has 2 N–H and O–H groups in total. The van der Waals surface area contributed by atoms with Crippen LogP contribution in [0.3, 0.4) is 0 Å². The van der Waals surface area contributed by atoms with E-state index in [1.807, 2.05) is 28.8 Å². The number of imidazole rings is 1. The van der Waals surface area contributed by atoms with Crippen LogP contribution in [-0.4, -0.2) is 38.7 Å². The molecule has 0 aliphatic carbocycles. The van der Waals surface area contributed by atoms with E-state index in [-0.39, 0.29) is 5.91 Å². The molecule has 0 radical (unpaired) electrons. The molecule has 1 aliphatic heterocycles. The number of carbonyl (C=O) groups is 2. The minimum Gasteiger partial charge on any atom is -0.368 e. The maximum Gasteiger partial charge on any atom is 0.264 e. The van der Waals surface area contributed by atoms with Gasteiger partial charge in [0, 0.05) is 17.2 Å². The maximum absolute atomic E-state index is 12.8. The van der Waals surface area contributed by atoms with E-state index in [1.165, 1.54) is 11.3 Å². The van der Waals surface area contributed by atoms with Crippen molar-refractivity contribution >= 4 is 44.7 Å². The molecule has 25 heavy (non-hydrogen) atoms. The molecule has 1 fully saturated rings. The number of halogens is 1. The summed E-state index contributed by atoms with van der Waals surface area (Å²) in [5, 5.41) is 0. The van der Waals surface area contributed by atoms with E-state index in [2.05, 4.69) is 20.9 Å². The van der Waals surface area contributed by atoms with Crippen LogP contribution in [-0.2, 0) is 4.79 Å². The molecule has 3 aromatic rings. The first-order valence-electron chi connectivity index (χ1n) is 7.88. The highest BCUT2D eigenvalue weighted by molar-refractivity contribution is 9.10. The van der Waals surface area contributed by atoms with E-state index in [1.54, 1.807) is 17.2 Å². The lowest BCUT2D eigenvalue weighted by Gasteiger charge is -2.21. The highest BCUT2D eigenvalue weighted by Crippen LogP contribution is 2.31. The van der Waals surface area contributed by atoms with Gasteiger partial charge in [0.25, 0.3) is 5.91 Å². The van der Waals surface area contributed by atoms with Crippen LogP contribution in [0.1, 0.15) is 22.5 Å². The van der Waals surface area contributed by atoms with Gasteiger partial charge in [0.15, 0.2) is 0 Å². The SMILES string of the molecule is NC(=O)[C@@H]1CCCN1C(=O)c1ccc(-c2cnc3ccc(Br)cn23)s1. The second-order valence-electron chi connectivity index (χ2n) is 5.94. The van der Waals surface area contributed by atoms with Crippen molar-refractivity contribution in [2.75, 3.05) is 6.54 Å². The maximum atomic E-state index is 12.8. The Kier molecular flexibility index (Phi) is 4.09. The van der Waals surface area contributed by atoms with Gasteiger partial charge in [-0.05, 0) is 53.0 Å². The summed E-state index contributed by atoms with van der Waals surface area (Å²) in [4.78, 5) is 31.8. The summed E-state index contributed by atoms with van der Waals surface area (Å²) in [7, 11) is 0. The second-order valence-corrected chi connectivity index (χ2v) is 7.94. The summed E-state index contributed by atoms with van der Waals surface area (Å²) in [6, 6.07) is 7.08. The molecule has 1 saturated heterocycles. The van der Waals surface area contributed by atoms with E-state index in [0.717, 1.165) is 27.1 Å². The van der Waals surface area contributed by atoms with Gasteiger partial charge in [-0.15, -0.1) is 11.3 Å². The van der Waals surface area contributed by atoms with Crippen LogP contribution in [0.15, 0.2) is 41.1 Å². The number of hydrogen-bond donors (Lipinski definition) is 1. The van der Waals surface area contributed by atoms with Gasteiger partial charge < -0.3 is 10.6 Å². The van der Waals surface area contributed by atoms with Crippen molar-refractivity contribution in [3.63, 3.8) is 0 Å². The van der Waals surface area contributed by atoms with Gasteiger partial charge in [-0.3, -0.25) is 14.0 Å². The van der Waals surface area contributed by atoms with E-state index in [0.29, 0.717) is 17.8 Å². The Morgan fingerprint density at radius 1 is 1.28 bits per heavy atom. The molecule has 3 aromatic heterocycles. The van der Waals surface area contributed by atoms with Crippen LogP contribution < -0.4 is 5.73 Å². The smallest absolute Gasteiger partial charge is 0.264 e. The first kappa shape index (κ1) is 16.3. The topological polar surface area (TPSA) is 80.7 Å². The average Bonchev–Trinajstić information content (AvgIpc) is 3.32. The van der Waals surface area contributed by atoms with Crippen LogP contribution in [0.25, 0.3) is 16.2 Å². The van der Waals surface area contributed by atoms with Crippen molar-refractivity contribution in [1.29, 1.82) is 0 Å². The van der Waals surface area contributed by atoms with Crippen molar-refractivity contribution in [1.82, 2.24) is 14.3 Å². The third-order valence-corrected chi connectivity index (χ3v) is 5.95. The summed E-state index contributed by atoms with van der Waals surface area (Å²) >= 11 is 4.87. The summed E-state index contributed by atoms with van der Waals surface area (Å²) in [5.74, 6) is -0.568. The Hall–Kier alpha value is -2.19. The van der Waals surface area contributed by atoms with Crippen LogP contribution >= 0.6 is 27.3 Å². The molecule has 6 nitrogen and oxygen atoms in total. The molecular formula is C17H15BrN4O2S. The molecule has 0 unspecified atom stereocenters. The Labute approximate surface area is 156 Å². The molecule has 1 atom stereocenters. The van der Waals surface area contributed by atoms with E-state index < -0.39 is 11.9 Å². The van der Waals surface area contributed by atoms with Crippen molar-refractivity contribution < 1.29 is 9.59 Å². The van der Waals surface area contributed by atoms with Gasteiger partial charge in [-0.1, -0.05) is 0 Å². The lowest BCUT2D eigenvalue weighted by Crippen LogP contribution is -2.43. The number of thiophene rings is 1. The largest absolute Gasteiger partial charge is 0.368 e. The third kappa shape index (κ3) is 2.85. The minimum atomic E-state index is -0.496. The highest BCUT2D eigenvalue weighted by Gasteiger charge is 2.33. The number of pyridine rings is 1. The number of fused-ring (bicyclic) bond motifs is 1.